The van der Waals surface area contributed by atoms with Gasteiger partial charge in [-0.25, -0.2) is 9.97 Å². The van der Waals surface area contributed by atoms with Crippen molar-refractivity contribution in [3.8, 4) is 11.5 Å². The van der Waals surface area contributed by atoms with Crippen molar-refractivity contribution in [3.05, 3.63) is 48.0 Å². The molecule has 11 nitrogen and oxygen atoms in total. The zero-order valence-corrected chi connectivity index (χ0v) is 17.6. The SMILES string of the molecule is CNC(=O)c1ccc(O)cn1.CNC(=O)c1ccc(OCCCO)cn1.OCCCO. The average molecular weight is 438 g/mol. The molecule has 0 fully saturated rings. The van der Waals surface area contributed by atoms with E-state index in [1.54, 1.807) is 19.2 Å². The number of hydrogen-bond donors (Lipinski definition) is 6. The van der Waals surface area contributed by atoms with Gasteiger partial charge in [0.2, 0.25) is 0 Å². The summed E-state index contributed by atoms with van der Waals surface area (Å²) in [6.07, 6.45) is 3.80. The Balaban J connectivity index is 0.000000492. The molecule has 2 aromatic rings. The van der Waals surface area contributed by atoms with Gasteiger partial charge in [-0.2, -0.15) is 0 Å². The smallest absolute Gasteiger partial charge is 0.269 e. The number of carbonyl (C=O) groups is 2. The Morgan fingerprint density at radius 2 is 1.35 bits per heavy atom. The standard InChI is InChI=1S/C10H14N2O3.C7H8N2O2.C3H8O2/c1-11-10(14)9-4-3-8(7-12-9)15-6-2-5-13;1-8-7(11)6-3-2-5(10)4-9-6;4-2-1-3-5/h3-4,7,13H,2,5-6H2,1H3,(H,11,14);2-4,10H,1H3,(H,8,11);4-5H,1-3H2. The first-order valence-electron chi connectivity index (χ1n) is 9.44. The number of carbonyl (C=O) groups excluding carboxylic acids is 2. The molecule has 0 aliphatic carbocycles. The molecule has 2 rings (SSSR count). The van der Waals surface area contributed by atoms with Crippen LogP contribution in [0.15, 0.2) is 36.7 Å². The van der Waals surface area contributed by atoms with Gasteiger partial charge in [-0.1, -0.05) is 0 Å². The van der Waals surface area contributed by atoms with E-state index in [1.807, 2.05) is 0 Å². The number of aromatic hydroxyl groups is 1. The molecular weight excluding hydrogens is 408 g/mol. The highest BCUT2D eigenvalue weighted by atomic mass is 16.5. The highest BCUT2D eigenvalue weighted by Crippen LogP contribution is 2.09. The molecule has 6 N–H and O–H groups in total. The number of rotatable bonds is 8. The van der Waals surface area contributed by atoms with E-state index in [0.717, 1.165) is 0 Å². The van der Waals surface area contributed by atoms with Crippen LogP contribution in [0.3, 0.4) is 0 Å². The Morgan fingerprint density at radius 1 is 0.839 bits per heavy atom. The maximum Gasteiger partial charge on any atom is 0.269 e. The molecule has 172 valence electrons. The van der Waals surface area contributed by atoms with Gasteiger partial charge in [0.1, 0.15) is 22.9 Å². The molecule has 0 spiro atoms. The van der Waals surface area contributed by atoms with E-state index in [4.69, 9.17) is 25.2 Å². The highest BCUT2D eigenvalue weighted by molar-refractivity contribution is 5.92. The Labute approximate surface area is 180 Å². The lowest BCUT2D eigenvalue weighted by molar-refractivity contribution is 0.0950. The number of pyridine rings is 2. The molecule has 0 bridgehead atoms. The average Bonchev–Trinajstić information content (AvgIpc) is 2.80. The topological polar surface area (TPSA) is 174 Å². The van der Waals surface area contributed by atoms with Gasteiger partial charge in [-0.3, -0.25) is 9.59 Å². The van der Waals surface area contributed by atoms with Gasteiger partial charge in [-0.05, 0) is 30.7 Å². The molecule has 0 aromatic carbocycles. The second kappa shape index (κ2) is 17.6. The zero-order chi connectivity index (χ0) is 23.5. The normalized spacial score (nSPS) is 9.32. The van der Waals surface area contributed by atoms with Crippen LogP contribution in [0.1, 0.15) is 33.8 Å². The van der Waals surface area contributed by atoms with Crippen LogP contribution in [0.25, 0.3) is 0 Å². The molecular formula is C20H30N4O7. The largest absolute Gasteiger partial charge is 0.506 e. The van der Waals surface area contributed by atoms with Crippen LogP contribution in [0.5, 0.6) is 11.5 Å². The summed E-state index contributed by atoms with van der Waals surface area (Å²) < 4.78 is 5.26. The predicted octanol–water partition coefficient (Wildman–Crippen LogP) is -0.290. The molecule has 2 amide bonds. The summed E-state index contributed by atoms with van der Waals surface area (Å²) in [6, 6.07) is 6.13. The number of hydrogen-bond acceptors (Lipinski definition) is 9. The van der Waals surface area contributed by atoms with Crippen LogP contribution in [0, 0.1) is 0 Å². The van der Waals surface area contributed by atoms with Crippen LogP contribution in [-0.4, -0.2) is 82.7 Å². The minimum Gasteiger partial charge on any atom is -0.506 e. The molecule has 31 heavy (non-hydrogen) atoms. The second-order valence-electron chi connectivity index (χ2n) is 5.67. The van der Waals surface area contributed by atoms with Gasteiger partial charge in [0.25, 0.3) is 11.8 Å². The number of amides is 2. The van der Waals surface area contributed by atoms with Gasteiger partial charge in [-0.15, -0.1) is 0 Å². The molecule has 2 heterocycles. The van der Waals surface area contributed by atoms with Crippen molar-refractivity contribution < 1.29 is 34.8 Å². The van der Waals surface area contributed by atoms with E-state index in [1.165, 1.54) is 31.6 Å². The van der Waals surface area contributed by atoms with Crippen molar-refractivity contribution in [1.29, 1.82) is 0 Å². The first kappa shape index (κ1) is 27.7. The summed E-state index contributed by atoms with van der Waals surface area (Å²) in [6.45, 7) is 0.730. The van der Waals surface area contributed by atoms with E-state index in [-0.39, 0.29) is 37.4 Å². The van der Waals surface area contributed by atoms with Crippen LogP contribution in [0.2, 0.25) is 0 Å². The van der Waals surface area contributed by atoms with E-state index < -0.39 is 0 Å². The van der Waals surface area contributed by atoms with Crippen molar-refractivity contribution in [1.82, 2.24) is 20.6 Å². The molecule has 0 unspecified atom stereocenters. The molecule has 0 radical (unpaired) electrons. The van der Waals surface area contributed by atoms with Gasteiger partial charge >= 0.3 is 0 Å². The lowest BCUT2D eigenvalue weighted by Crippen LogP contribution is -2.18. The van der Waals surface area contributed by atoms with Crippen molar-refractivity contribution in [3.63, 3.8) is 0 Å². The van der Waals surface area contributed by atoms with Gasteiger partial charge < -0.3 is 35.8 Å². The fraction of sp³-hybridized carbons (Fsp3) is 0.400. The summed E-state index contributed by atoms with van der Waals surface area (Å²) in [5.74, 6) is 0.163. The third kappa shape index (κ3) is 12.8. The zero-order valence-electron chi connectivity index (χ0n) is 17.6. The third-order valence-corrected chi connectivity index (χ3v) is 3.29. The van der Waals surface area contributed by atoms with Crippen molar-refractivity contribution in [2.45, 2.75) is 12.8 Å². The van der Waals surface area contributed by atoms with Crippen molar-refractivity contribution >= 4 is 11.8 Å². The Bertz CT molecular complexity index is 738. The molecule has 0 saturated carbocycles. The lowest BCUT2D eigenvalue weighted by Gasteiger charge is -2.04. The number of nitrogens with one attached hydrogen (secondary N) is 2. The Kier molecular flexibility index (Phi) is 15.7. The molecule has 0 aliphatic rings. The number of aromatic nitrogens is 2. The third-order valence-electron chi connectivity index (χ3n) is 3.29. The number of aliphatic hydroxyl groups is 3. The molecule has 2 aromatic heterocycles. The predicted molar refractivity (Wildman–Crippen MR) is 113 cm³/mol. The van der Waals surface area contributed by atoms with Gasteiger partial charge in [0.15, 0.2) is 0 Å². The number of aliphatic hydroxyl groups excluding tert-OH is 3. The number of nitrogens with zero attached hydrogens (tertiary/aromatic N) is 2. The van der Waals surface area contributed by atoms with Crippen LogP contribution < -0.4 is 15.4 Å². The molecule has 0 saturated heterocycles. The first-order valence-corrected chi connectivity index (χ1v) is 9.44. The van der Waals surface area contributed by atoms with Crippen molar-refractivity contribution in [2.75, 3.05) is 40.5 Å². The molecule has 11 heteroatoms. The van der Waals surface area contributed by atoms with E-state index in [2.05, 4.69) is 20.6 Å². The molecule has 0 atom stereocenters. The summed E-state index contributed by atoms with van der Waals surface area (Å²) in [5, 5.41) is 38.1. The maximum absolute atomic E-state index is 11.1. The van der Waals surface area contributed by atoms with E-state index in [9.17, 15) is 9.59 Å². The summed E-state index contributed by atoms with van der Waals surface area (Å²) in [5.41, 5.74) is 0.650. The van der Waals surface area contributed by atoms with Crippen molar-refractivity contribution in [2.24, 2.45) is 0 Å². The van der Waals surface area contributed by atoms with Gasteiger partial charge in [0.05, 0.1) is 19.0 Å². The van der Waals surface area contributed by atoms with Crippen LogP contribution in [0.4, 0.5) is 0 Å². The molecule has 0 aliphatic heterocycles. The monoisotopic (exact) mass is 438 g/mol. The number of ether oxygens (including phenoxy) is 1. The van der Waals surface area contributed by atoms with E-state index >= 15 is 0 Å². The minimum absolute atomic E-state index is 0.0534. The Morgan fingerprint density at radius 3 is 1.71 bits per heavy atom. The quantitative estimate of drug-likeness (QED) is 0.303. The fourth-order valence-corrected chi connectivity index (χ4v) is 1.70. The fourth-order valence-electron chi connectivity index (χ4n) is 1.70. The van der Waals surface area contributed by atoms with Crippen LogP contribution >= 0.6 is 0 Å². The first-order chi connectivity index (χ1) is 14.9. The second-order valence-corrected chi connectivity index (χ2v) is 5.67. The minimum atomic E-state index is -0.259. The van der Waals surface area contributed by atoms with E-state index in [0.29, 0.717) is 36.6 Å². The maximum atomic E-state index is 11.1. The van der Waals surface area contributed by atoms with Crippen LogP contribution in [-0.2, 0) is 0 Å². The highest BCUT2D eigenvalue weighted by Gasteiger charge is 2.04. The summed E-state index contributed by atoms with van der Waals surface area (Å²) in [4.78, 5) is 29.6. The van der Waals surface area contributed by atoms with Gasteiger partial charge in [0, 0.05) is 40.3 Å². The summed E-state index contributed by atoms with van der Waals surface area (Å²) in [7, 11) is 3.08. The lowest BCUT2D eigenvalue weighted by atomic mass is 10.3. The summed E-state index contributed by atoms with van der Waals surface area (Å²) >= 11 is 0. The Hall–Kier alpha value is -3.28.